The normalized spacial score (nSPS) is 17.3. The molecule has 14 nitrogen and oxygen atoms in total. The Balaban J connectivity index is 3.15. The zero-order chi connectivity index (χ0) is 65.6. The van der Waals surface area contributed by atoms with E-state index in [0.29, 0.717) is 25.7 Å². The van der Waals surface area contributed by atoms with Crippen LogP contribution in [-0.2, 0) is 57.7 Å². The van der Waals surface area contributed by atoms with E-state index in [1.54, 1.807) is 0 Å². The van der Waals surface area contributed by atoms with Gasteiger partial charge in [0.25, 0.3) is 10.1 Å². The zero-order valence-corrected chi connectivity index (χ0v) is 59.1. The van der Waals surface area contributed by atoms with Crippen LogP contribution in [0.4, 0.5) is 0 Å². The number of hydrogen-bond acceptors (Lipinski definition) is 13. The third-order valence-corrected chi connectivity index (χ3v) is 18.2. The van der Waals surface area contributed by atoms with Crippen molar-refractivity contribution in [3.63, 3.8) is 0 Å². The molecule has 6 atom stereocenters. The molecular formula is C75H138O14S. The Bertz CT molecular complexity index is 1840. The predicted octanol–water partition coefficient (Wildman–Crippen LogP) is 20.5. The first-order valence-corrected chi connectivity index (χ1v) is 39.4. The number of hydrogen-bond donors (Lipinski definition) is 2. The predicted molar refractivity (Wildman–Crippen MR) is 368 cm³/mol. The third-order valence-electron chi connectivity index (χ3n) is 17.5. The smallest absolute Gasteiger partial charge is 0.306 e. The van der Waals surface area contributed by atoms with Crippen LogP contribution in [0.5, 0.6) is 0 Å². The van der Waals surface area contributed by atoms with Gasteiger partial charge in [-0.1, -0.05) is 315 Å². The van der Waals surface area contributed by atoms with E-state index < -0.39 is 83.2 Å². The fraction of sp³-hybridized carbons (Fsp3) is 0.893. The molecule has 0 amide bonds. The highest BCUT2D eigenvalue weighted by atomic mass is 32.2. The zero-order valence-electron chi connectivity index (χ0n) is 58.3. The highest BCUT2D eigenvalue weighted by Gasteiger charge is 2.51. The maximum absolute atomic E-state index is 13.8. The van der Waals surface area contributed by atoms with E-state index in [0.717, 1.165) is 116 Å². The minimum absolute atomic E-state index is 0.00771. The molecule has 0 spiro atoms. The lowest BCUT2D eigenvalue weighted by atomic mass is 9.99. The number of carbonyl (C=O) groups is 4. The number of allylic oxidation sites excluding steroid dienone is 4. The first-order chi connectivity index (χ1) is 43.8. The molecule has 2 N–H and O–H groups in total. The molecule has 528 valence electrons. The van der Waals surface area contributed by atoms with Gasteiger partial charge in [0.15, 0.2) is 24.6 Å². The molecule has 0 aliphatic carbocycles. The third kappa shape index (κ3) is 53.5. The van der Waals surface area contributed by atoms with E-state index in [9.17, 15) is 37.3 Å². The van der Waals surface area contributed by atoms with Crippen LogP contribution < -0.4 is 0 Å². The van der Waals surface area contributed by atoms with Crippen molar-refractivity contribution in [2.45, 2.75) is 411 Å². The molecule has 90 heavy (non-hydrogen) atoms. The Morgan fingerprint density at radius 3 is 1.09 bits per heavy atom. The van der Waals surface area contributed by atoms with E-state index in [4.69, 9.17) is 28.4 Å². The molecule has 1 heterocycles. The van der Waals surface area contributed by atoms with Crippen LogP contribution in [0, 0.1) is 0 Å². The molecule has 1 saturated heterocycles. The van der Waals surface area contributed by atoms with Gasteiger partial charge in [0, 0.05) is 25.7 Å². The Hall–Kier alpha value is -2.85. The number of carbonyl (C=O) groups excluding carboxylic acids is 4. The average Bonchev–Trinajstić information content (AvgIpc) is 0.890. The van der Waals surface area contributed by atoms with Crippen molar-refractivity contribution < 1.29 is 65.7 Å². The second-order valence-electron chi connectivity index (χ2n) is 26.3. The van der Waals surface area contributed by atoms with Crippen LogP contribution in [0.3, 0.4) is 0 Å². The summed E-state index contributed by atoms with van der Waals surface area (Å²) in [6.45, 7) is 8.12. The largest absolute Gasteiger partial charge is 0.462 e. The van der Waals surface area contributed by atoms with E-state index in [2.05, 4.69) is 52.0 Å². The van der Waals surface area contributed by atoms with E-state index in [1.165, 1.54) is 180 Å². The second kappa shape index (κ2) is 62.3. The molecular weight excluding hydrogens is 1160 g/mol. The molecule has 0 radical (unpaired) electrons. The maximum atomic E-state index is 13.8. The molecule has 1 fully saturated rings. The summed E-state index contributed by atoms with van der Waals surface area (Å²) in [5.41, 5.74) is 0. The van der Waals surface area contributed by atoms with Crippen LogP contribution in [-0.4, -0.2) is 97.7 Å². The van der Waals surface area contributed by atoms with Gasteiger partial charge < -0.3 is 33.5 Å². The summed E-state index contributed by atoms with van der Waals surface area (Å²) >= 11 is 0. The van der Waals surface area contributed by atoms with Gasteiger partial charge >= 0.3 is 23.9 Å². The number of rotatable bonds is 66. The van der Waals surface area contributed by atoms with Gasteiger partial charge in [-0.3, -0.25) is 23.7 Å². The lowest BCUT2D eigenvalue weighted by Crippen LogP contribution is -2.62. The highest BCUT2D eigenvalue weighted by molar-refractivity contribution is 7.85. The summed E-state index contributed by atoms with van der Waals surface area (Å²) in [7, 11) is -4.77. The summed E-state index contributed by atoms with van der Waals surface area (Å²) in [6.07, 6.45) is 55.5. The van der Waals surface area contributed by atoms with Crippen LogP contribution in [0.15, 0.2) is 24.3 Å². The van der Waals surface area contributed by atoms with E-state index >= 15 is 0 Å². The van der Waals surface area contributed by atoms with Crippen LogP contribution in [0.25, 0.3) is 0 Å². The van der Waals surface area contributed by atoms with Crippen molar-refractivity contribution >= 4 is 34.0 Å². The quantitative estimate of drug-likeness (QED) is 0.0192. The summed E-state index contributed by atoms with van der Waals surface area (Å²) in [5, 5.41) is 11.7. The Labute approximate surface area is 551 Å². The summed E-state index contributed by atoms with van der Waals surface area (Å²) in [5.74, 6) is -3.38. The van der Waals surface area contributed by atoms with Gasteiger partial charge in [0.05, 0.1) is 6.61 Å². The first kappa shape index (κ1) is 85.2. The number of esters is 4. The molecule has 1 aliphatic heterocycles. The second-order valence-corrected chi connectivity index (χ2v) is 27.8. The van der Waals surface area contributed by atoms with Gasteiger partial charge in [0.2, 0.25) is 0 Å². The van der Waals surface area contributed by atoms with E-state index in [-0.39, 0.29) is 32.3 Å². The average molecular weight is 1300 g/mol. The summed E-state index contributed by atoms with van der Waals surface area (Å²) in [6, 6.07) is 0. The molecule has 0 aromatic heterocycles. The molecule has 1 aliphatic rings. The monoisotopic (exact) mass is 1290 g/mol. The highest BCUT2D eigenvalue weighted by Crippen LogP contribution is 2.30. The van der Waals surface area contributed by atoms with Crippen LogP contribution in [0.1, 0.15) is 374 Å². The van der Waals surface area contributed by atoms with Gasteiger partial charge in [-0.05, 0) is 57.8 Å². The van der Waals surface area contributed by atoms with Crippen molar-refractivity contribution in [3.05, 3.63) is 24.3 Å². The topological polar surface area (TPSA) is 198 Å². The Kier molecular flexibility index (Phi) is 58.9. The number of unbranched alkanes of at least 4 members (excludes halogenated alkanes) is 44. The minimum atomic E-state index is -4.77. The van der Waals surface area contributed by atoms with Crippen LogP contribution in [0.2, 0.25) is 0 Å². The number of ether oxygens (including phenoxy) is 6. The number of aliphatic hydroxyl groups excluding tert-OH is 1. The molecule has 15 heteroatoms. The Morgan fingerprint density at radius 1 is 0.400 bits per heavy atom. The standard InChI is InChI=1S/C75H138O14S/c1-5-9-13-17-21-25-29-33-34-38-39-43-47-51-55-59-68(76)84-63-66(86-69(77)60-56-52-48-44-40-35-30-26-22-18-14-10-6-2)64-85-75-74(89-71(79)62-58-54-50-46-42-37-32-28-24-20-16-12-8-4)73(72(80)67(87-75)65-90(81,82)83)88-70(78)61-57-53-49-45-41-36-31-27-23-19-15-11-7-3/h21,25,33-34,66-67,72-75,80H,5-20,22-24,26-32,35-65H2,1-4H3,(H,81,82,83)/b25-21-,34-33-. The maximum Gasteiger partial charge on any atom is 0.306 e. The molecule has 0 aromatic rings. The van der Waals surface area contributed by atoms with Crippen molar-refractivity contribution in [1.29, 1.82) is 0 Å². The van der Waals surface area contributed by atoms with Crippen molar-refractivity contribution in [2.75, 3.05) is 19.0 Å². The van der Waals surface area contributed by atoms with Crippen molar-refractivity contribution in [3.8, 4) is 0 Å². The molecule has 0 saturated carbocycles. The summed E-state index contributed by atoms with van der Waals surface area (Å²) < 4.78 is 70.7. The van der Waals surface area contributed by atoms with Gasteiger partial charge in [-0.25, -0.2) is 0 Å². The fourth-order valence-corrected chi connectivity index (χ4v) is 12.5. The van der Waals surface area contributed by atoms with Gasteiger partial charge in [-0.2, -0.15) is 8.42 Å². The SMILES string of the molecule is CCCCC/C=C\C/C=C\CCCCCCCC(=O)OCC(COC1OC(CS(=O)(=O)O)C(O)C(OC(=O)CCCCCCCCCCCCCCC)C1OC(=O)CCCCCCCCCCCCCCC)OC(=O)CCCCCCCCCCCCCCC. The minimum Gasteiger partial charge on any atom is -0.462 e. The molecule has 0 bridgehead atoms. The fourth-order valence-electron chi connectivity index (χ4n) is 11.8. The number of aliphatic hydroxyl groups is 1. The molecule has 6 unspecified atom stereocenters. The Morgan fingerprint density at radius 2 is 0.711 bits per heavy atom. The van der Waals surface area contributed by atoms with Gasteiger partial charge in [0.1, 0.15) is 24.6 Å². The van der Waals surface area contributed by atoms with Crippen molar-refractivity contribution in [2.24, 2.45) is 0 Å². The summed E-state index contributed by atoms with van der Waals surface area (Å²) in [4.78, 5) is 54.1. The van der Waals surface area contributed by atoms with Crippen LogP contribution >= 0.6 is 0 Å². The lowest BCUT2D eigenvalue weighted by Gasteiger charge is -2.43. The molecule has 0 aromatic carbocycles. The lowest BCUT2D eigenvalue weighted by molar-refractivity contribution is -0.302. The van der Waals surface area contributed by atoms with Gasteiger partial charge in [-0.15, -0.1) is 0 Å². The first-order valence-electron chi connectivity index (χ1n) is 37.8. The molecule has 1 rings (SSSR count). The van der Waals surface area contributed by atoms with Crippen molar-refractivity contribution in [1.82, 2.24) is 0 Å². The van der Waals surface area contributed by atoms with E-state index in [1.807, 2.05) is 0 Å².